The Morgan fingerprint density at radius 1 is 0.976 bits per heavy atom. The maximum absolute atomic E-state index is 13.4. The van der Waals surface area contributed by atoms with Crippen molar-refractivity contribution >= 4 is 39.1 Å². The fourth-order valence-electron chi connectivity index (χ4n) is 6.70. The van der Waals surface area contributed by atoms with Crippen molar-refractivity contribution in [2.24, 2.45) is 0 Å². The first-order valence-electron chi connectivity index (χ1n) is 14.8. The van der Waals surface area contributed by atoms with E-state index in [0.717, 1.165) is 76.1 Å². The highest BCUT2D eigenvalue weighted by Gasteiger charge is 2.40. The zero-order valence-corrected chi connectivity index (χ0v) is 26.5. The first-order chi connectivity index (χ1) is 19.6. The van der Waals surface area contributed by atoms with Gasteiger partial charge in [0.25, 0.3) is 5.91 Å². The van der Waals surface area contributed by atoms with Crippen molar-refractivity contribution in [2.75, 3.05) is 58.9 Å². The van der Waals surface area contributed by atoms with E-state index in [1.54, 1.807) is 18.2 Å². The molecule has 0 bridgehead atoms. The predicted molar refractivity (Wildman–Crippen MR) is 166 cm³/mol. The zero-order valence-electron chi connectivity index (χ0n) is 24.1. The molecule has 2 aromatic carbocycles. The molecule has 1 amide bonds. The molecule has 41 heavy (non-hydrogen) atoms. The van der Waals surface area contributed by atoms with Crippen LogP contribution in [0.15, 0.2) is 48.5 Å². The summed E-state index contributed by atoms with van der Waals surface area (Å²) in [5.74, 6) is 0.0848. The summed E-state index contributed by atoms with van der Waals surface area (Å²) in [6.45, 7) is 10.8. The molecule has 0 radical (unpaired) electrons. The van der Waals surface area contributed by atoms with E-state index in [-0.39, 0.29) is 16.6 Å². The van der Waals surface area contributed by atoms with Gasteiger partial charge in [-0.2, -0.15) is 4.31 Å². The molecular weight excluding hydrogens is 579 g/mol. The van der Waals surface area contributed by atoms with E-state index in [9.17, 15) is 13.2 Å². The number of amides is 1. The Morgan fingerprint density at radius 2 is 1.68 bits per heavy atom. The molecule has 0 unspecified atom stereocenters. The minimum atomic E-state index is -3.17. The van der Waals surface area contributed by atoms with E-state index in [2.05, 4.69) is 15.9 Å². The third-order valence-electron chi connectivity index (χ3n) is 9.23. The number of sulfonamides is 1. The highest BCUT2D eigenvalue weighted by molar-refractivity contribution is 7.89. The minimum absolute atomic E-state index is 0.0848. The van der Waals surface area contributed by atoms with Crippen LogP contribution in [0.2, 0.25) is 10.0 Å². The van der Waals surface area contributed by atoms with Crippen molar-refractivity contribution in [3.8, 4) is 0 Å². The molecule has 3 aliphatic heterocycles. The fourth-order valence-corrected chi connectivity index (χ4v) is 8.26. The Bertz CT molecular complexity index is 1310. The van der Waals surface area contributed by atoms with Gasteiger partial charge in [-0.25, -0.2) is 8.42 Å². The Balaban J connectivity index is 1.18. The second-order valence-corrected chi connectivity index (χ2v) is 15.5. The molecule has 7 nitrogen and oxygen atoms in total. The maximum Gasteiger partial charge on any atom is 0.253 e. The Hall–Kier alpha value is -1.68. The topological polar surface area (TPSA) is 64.2 Å². The number of hydrogen-bond acceptors (Lipinski definition) is 5. The first-order valence-corrected chi connectivity index (χ1v) is 17.1. The number of likely N-dealkylation sites (tertiary alicyclic amines) is 2. The Kier molecular flexibility index (Phi) is 9.68. The van der Waals surface area contributed by atoms with Crippen LogP contribution in [0.1, 0.15) is 55.5 Å². The van der Waals surface area contributed by atoms with Gasteiger partial charge < -0.3 is 9.80 Å². The Morgan fingerprint density at radius 3 is 2.34 bits per heavy atom. The second-order valence-electron chi connectivity index (χ2n) is 12.2. The van der Waals surface area contributed by atoms with Crippen LogP contribution in [0.3, 0.4) is 0 Å². The molecule has 0 saturated carbocycles. The van der Waals surface area contributed by atoms with Gasteiger partial charge in [-0.1, -0.05) is 47.5 Å². The van der Waals surface area contributed by atoms with Crippen molar-refractivity contribution in [2.45, 2.75) is 56.2 Å². The summed E-state index contributed by atoms with van der Waals surface area (Å²) in [6, 6.07) is 16.0. The molecular formula is C31H42Cl2N4O3S. The lowest BCUT2D eigenvalue weighted by Gasteiger charge is -2.48. The highest BCUT2D eigenvalue weighted by Crippen LogP contribution is 2.41. The molecule has 2 aromatic rings. The van der Waals surface area contributed by atoms with Crippen LogP contribution in [-0.2, 0) is 15.4 Å². The SMILES string of the molecule is CC(C)S(=O)(=O)N1CCN(C2CN(CCC[C@]3(c4ccc(Cl)c(Cl)c4)CCCN(C(=O)c4ccccc4)C3)C2)CC1. The average Bonchev–Trinajstić information content (AvgIpc) is 2.96. The quantitative estimate of drug-likeness (QED) is 0.395. The lowest BCUT2D eigenvalue weighted by Crippen LogP contribution is -2.63. The van der Waals surface area contributed by atoms with Crippen molar-refractivity contribution in [3.63, 3.8) is 0 Å². The lowest BCUT2D eigenvalue weighted by molar-refractivity contribution is 0.0145. The summed E-state index contributed by atoms with van der Waals surface area (Å²) >= 11 is 12.8. The summed E-state index contributed by atoms with van der Waals surface area (Å²) in [5, 5.41) is 0.739. The first kappa shape index (κ1) is 30.8. The monoisotopic (exact) mass is 620 g/mol. The molecule has 3 aliphatic rings. The molecule has 0 aliphatic carbocycles. The van der Waals surface area contributed by atoms with Crippen LogP contribution in [0.25, 0.3) is 0 Å². The van der Waals surface area contributed by atoms with E-state index in [1.807, 2.05) is 47.4 Å². The molecule has 3 heterocycles. The second kappa shape index (κ2) is 12.9. The van der Waals surface area contributed by atoms with Crippen molar-refractivity contribution in [1.29, 1.82) is 0 Å². The summed E-state index contributed by atoms with van der Waals surface area (Å²) in [5.41, 5.74) is 1.72. The summed E-state index contributed by atoms with van der Waals surface area (Å²) < 4.78 is 26.7. The van der Waals surface area contributed by atoms with Crippen LogP contribution in [0.4, 0.5) is 0 Å². The van der Waals surface area contributed by atoms with Crippen LogP contribution < -0.4 is 0 Å². The molecule has 3 saturated heterocycles. The maximum atomic E-state index is 13.4. The largest absolute Gasteiger partial charge is 0.338 e. The van der Waals surface area contributed by atoms with Gasteiger partial charge in [-0.15, -0.1) is 0 Å². The molecule has 5 rings (SSSR count). The van der Waals surface area contributed by atoms with Gasteiger partial charge in [0.15, 0.2) is 0 Å². The van der Waals surface area contributed by atoms with Crippen LogP contribution in [0.5, 0.6) is 0 Å². The number of carbonyl (C=O) groups excluding carboxylic acids is 1. The lowest BCUT2D eigenvalue weighted by atomic mass is 9.70. The van der Waals surface area contributed by atoms with Gasteiger partial charge in [0.1, 0.15) is 0 Å². The molecule has 224 valence electrons. The van der Waals surface area contributed by atoms with Gasteiger partial charge in [0, 0.05) is 69.4 Å². The van der Waals surface area contributed by atoms with Gasteiger partial charge >= 0.3 is 0 Å². The van der Waals surface area contributed by atoms with Crippen LogP contribution in [-0.4, -0.2) is 104 Å². The Labute approximate surface area is 255 Å². The molecule has 0 aromatic heterocycles. The average molecular weight is 622 g/mol. The predicted octanol–water partition coefficient (Wildman–Crippen LogP) is 4.99. The summed E-state index contributed by atoms with van der Waals surface area (Å²) in [7, 11) is -3.17. The van der Waals surface area contributed by atoms with Crippen LogP contribution >= 0.6 is 23.2 Å². The number of halogens is 2. The standard InChI is InChI=1S/C31H42Cl2N4O3S/c1-24(2)41(39,40)37-18-16-35(17-19-37)27-21-34(22-27)14-6-12-31(26-10-11-28(32)29(33)20-26)13-7-15-36(23-31)30(38)25-8-4-3-5-9-25/h3-5,8-11,20,24,27H,6-7,12-19,21-23H2,1-2H3/t31-/m0/s1. The van der Waals surface area contributed by atoms with Gasteiger partial charge in [-0.3, -0.25) is 9.69 Å². The molecule has 0 N–H and O–H groups in total. The summed E-state index contributed by atoms with van der Waals surface area (Å²) in [4.78, 5) is 20.4. The van der Waals surface area contributed by atoms with E-state index in [4.69, 9.17) is 23.2 Å². The number of rotatable bonds is 9. The minimum Gasteiger partial charge on any atom is -0.338 e. The molecule has 1 atom stereocenters. The van der Waals surface area contributed by atoms with E-state index < -0.39 is 10.0 Å². The van der Waals surface area contributed by atoms with E-state index in [1.165, 1.54) is 0 Å². The molecule has 10 heteroatoms. The number of benzene rings is 2. The summed E-state index contributed by atoms with van der Waals surface area (Å²) in [6.07, 6.45) is 3.95. The smallest absolute Gasteiger partial charge is 0.253 e. The number of carbonyl (C=O) groups is 1. The zero-order chi connectivity index (χ0) is 29.2. The number of nitrogens with zero attached hydrogens (tertiary/aromatic N) is 4. The van der Waals surface area contributed by atoms with Crippen molar-refractivity contribution in [1.82, 2.24) is 19.0 Å². The van der Waals surface area contributed by atoms with E-state index in [0.29, 0.717) is 35.7 Å². The third kappa shape index (κ3) is 6.78. The number of hydrogen-bond donors (Lipinski definition) is 0. The number of piperazine rings is 1. The molecule has 3 fully saturated rings. The molecule has 0 spiro atoms. The normalized spacial score (nSPS) is 23.6. The fraction of sp³-hybridized carbons (Fsp3) is 0.581. The third-order valence-corrected chi connectivity index (χ3v) is 12.2. The highest BCUT2D eigenvalue weighted by atomic mass is 35.5. The van der Waals surface area contributed by atoms with Gasteiger partial charge in [-0.05, 0) is 75.9 Å². The van der Waals surface area contributed by atoms with Crippen LogP contribution in [0, 0.1) is 0 Å². The van der Waals surface area contributed by atoms with E-state index >= 15 is 0 Å². The van der Waals surface area contributed by atoms with Crippen molar-refractivity contribution < 1.29 is 13.2 Å². The number of piperidine rings is 1. The van der Waals surface area contributed by atoms with Gasteiger partial charge in [0.05, 0.1) is 15.3 Å². The van der Waals surface area contributed by atoms with Crippen molar-refractivity contribution in [3.05, 3.63) is 69.7 Å². The van der Waals surface area contributed by atoms with Gasteiger partial charge in [0.2, 0.25) is 10.0 Å².